The van der Waals surface area contributed by atoms with E-state index in [0.29, 0.717) is 0 Å². The van der Waals surface area contributed by atoms with Crippen molar-refractivity contribution >= 4 is 25.5 Å². The Labute approximate surface area is 155 Å². The molecule has 3 aromatic rings. The third-order valence-electron chi connectivity index (χ3n) is 2.61. The normalized spacial score (nSPS) is 8.25. The maximum atomic E-state index is 2.19. The van der Waals surface area contributed by atoms with Crippen molar-refractivity contribution in [2.45, 2.75) is 6.55 Å². The van der Waals surface area contributed by atoms with Gasteiger partial charge in [0.1, 0.15) is 0 Å². The summed E-state index contributed by atoms with van der Waals surface area (Å²) in [7, 11) is 0.930. The number of rotatable bonds is 1. The van der Waals surface area contributed by atoms with Crippen molar-refractivity contribution in [2.75, 3.05) is 0 Å². The molecule has 0 saturated carbocycles. The van der Waals surface area contributed by atoms with Crippen LogP contribution in [-0.4, -0.2) is 9.52 Å². The minimum absolute atomic E-state index is 0. The smallest absolute Gasteiger partial charge is 1.00 e. The maximum Gasteiger partial charge on any atom is 3.00 e. The molecule has 0 nitrogen and oxygen atoms in total. The standard InChI is InChI=1S/C9H7.C7H8Si.2ClH.Zr/c1-2-5-9-7-3-6-8(9)4-1;1-8-7-5-3-2-4-6-7;;;/h1-7H;2-6H,1H3;2*1H;/q-1;;;;+3/p-2. The zero-order valence-corrected chi connectivity index (χ0v) is 16.2. The molecule has 3 aromatic carbocycles. The first-order valence-corrected chi connectivity index (χ1v) is 7.23. The van der Waals surface area contributed by atoms with Crippen LogP contribution in [0.2, 0.25) is 6.55 Å². The van der Waals surface area contributed by atoms with Crippen LogP contribution in [0.15, 0.2) is 72.8 Å². The van der Waals surface area contributed by atoms with Gasteiger partial charge in [0, 0.05) is 0 Å². The van der Waals surface area contributed by atoms with Crippen LogP contribution in [0.25, 0.3) is 10.8 Å². The minimum Gasteiger partial charge on any atom is -1.00 e. The Morgan fingerprint density at radius 2 is 1.40 bits per heavy atom. The molecule has 0 bridgehead atoms. The first kappa shape index (κ1) is 22.0. The molecule has 0 fully saturated rings. The van der Waals surface area contributed by atoms with E-state index in [1.807, 2.05) is 6.07 Å². The average Bonchev–Trinajstić information content (AvgIpc) is 2.89. The first-order chi connectivity index (χ1) is 8.40. The van der Waals surface area contributed by atoms with Gasteiger partial charge in [0.2, 0.25) is 0 Å². The molecule has 3 radical (unpaired) electrons. The molecule has 0 aliphatic carbocycles. The van der Waals surface area contributed by atoms with Crippen molar-refractivity contribution < 1.29 is 51.0 Å². The topological polar surface area (TPSA) is 0 Å². The molecule has 0 heterocycles. The Hall–Kier alpha value is -0.270. The summed E-state index contributed by atoms with van der Waals surface area (Å²) in [5.74, 6) is 0. The van der Waals surface area contributed by atoms with Gasteiger partial charge in [-0.1, -0.05) is 48.1 Å². The fourth-order valence-corrected chi connectivity index (χ4v) is 2.20. The van der Waals surface area contributed by atoms with E-state index in [9.17, 15) is 0 Å². The van der Waals surface area contributed by atoms with Crippen LogP contribution < -0.4 is 30.0 Å². The average molecular weight is 398 g/mol. The Morgan fingerprint density at radius 1 is 0.800 bits per heavy atom. The number of benzene rings is 2. The second-order valence-corrected chi connectivity index (χ2v) is 4.85. The van der Waals surface area contributed by atoms with Crippen molar-refractivity contribution in [2.24, 2.45) is 0 Å². The van der Waals surface area contributed by atoms with E-state index in [1.54, 1.807) is 0 Å². The van der Waals surface area contributed by atoms with E-state index in [-0.39, 0.29) is 51.0 Å². The predicted octanol–water partition coefficient (Wildman–Crippen LogP) is -2.37. The summed E-state index contributed by atoms with van der Waals surface area (Å²) in [6.07, 6.45) is 0. The van der Waals surface area contributed by atoms with Crippen LogP contribution in [0.1, 0.15) is 0 Å². The number of hydrogen-bond acceptors (Lipinski definition) is 0. The van der Waals surface area contributed by atoms with E-state index in [2.05, 4.69) is 73.3 Å². The molecule has 0 N–H and O–H groups in total. The van der Waals surface area contributed by atoms with Gasteiger partial charge < -0.3 is 24.8 Å². The number of halogens is 2. The van der Waals surface area contributed by atoms with Gasteiger partial charge in [0.15, 0.2) is 0 Å². The summed E-state index contributed by atoms with van der Waals surface area (Å²) in [6.45, 7) is 2.19. The van der Waals surface area contributed by atoms with Crippen molar-refractivity contribution in [1.29, 1.82) is 0 Å². The molecular formula is C16H15Cl2SiZr. The van der Waals surface area contributed by atoms with Gasteiger partial charge in [-0.05, 0) is 0 Å². The molecule has 0 aliphatic rings. The summed E-state index contributed by atoms with van der Waals surface area (Å²) in [6, 6.07) is 25.2. The maximum absolute atomic E-state index is 2.19. The van der Waals surface area contributed by atoms with E-state index in [0.717, 1.165) is 9.52 Å². The van der Waals surface area contributed by atoms with Crippen LogP contribution >= 0.6 is 0 Å². The van der Waals surface area contributed by atoms with Crippen molar-refractivity contribution in [3.8, 4) is 0 Å². The molecule has 0 unspecified atom stereocenters. The quantitative estimate of drug-likeness (QED) is 0.318. The van der Waals surface area contributed by atoms with Crippen LogP contribution in [0, 0.1) is 0 Å². The van der Waals surface area contributed by atoms with Gasteiger partial charge in [-0.25, -0.2) is 0 Å². The monoisotopic (exact) mass is 395 g/mol. The molecule has 0 spiro atoms. The molecular weight excluding hydrogens is 382 g/mol. The zero-order valence-electron chi connectivity index (χ0n) is 11.2. The van der Waals surface area contributed by atoms with Gasteiger partial charge in [0.05, 0.1) is 9.52 Å². The van der Waals surface area contributed by atoms with Crippen LogP contribution in [0.5, 0.6) is 0 Å². The van der Waals surface area contributed by atoms with Gasteiger partial charge in [-0.3, -0.25) is 0 Å². The van der Waals surface area contributed by atoms with Gasteiger partial charge >= 0.3 is 26.2 Å². The Morgan fingerprint density at radius 3 is 1.95 bits per heavy atom. The minimum atomic E-state index is 0. The van der Waals surface area contributed by atoms with Crippen molar-refractivity contribution in [1.82, 2.24) is 0 Å². The fraction of sp³-hybridized carbons (Fsp3) is 0.0625. The summed E-state index contributed by atoms with van der Waals surface area (Å²) in [4.78, 5) is 0. The molecule has 0 amide bonds. The Kier molecular flexibility index (Phi) is 13.7. The van der Waals surface area contributed by atoms with Crippen LogP contribution in [0.3, 0.4) is 0 Å². The summed E-state index contributed by atoms with van der Waals surface area (Å²) >= 11 is 0. The van der Waals surface area contributed by atoms with E-state index in [4.69, 9.17) is 0 Å². The second kappa shape index (κ2) is 12.5. The second-order valence-electron chi connectivity index (χ2n) is 3.77. The summed E-state index contributed by atoms with van der Waals surface area (Å²) in [5.41, 5.74) is 0. The molecule has 0 saturated heterocycles. The van der Waals surface area contributed by atoms with Crippen molar-refractivity contribution in [3.05, 3.63) is 72.8 Å². The molecule has 0 atom stereocenters. The van der Waals surface area contributed by atoms with E-state index >= 15 is 0 Å². The molecule has 0 aliphatic heterocycles. The third kappa shape index (κ3) is 6.95. The molecule has 0 aromatic heterocycles. The predicted molar refractivity (Wildman–Crippen MR) is 77.2 cm³/mol. The van der Waals surface area contributed by atoms with E-state index < -0.39 is 0 Å². The van der Waals surface area contributed by atoms with Gasteiger partial charge in [0.25, 0.3) is 0 Å². The molecule has 3 rings (SSSR count). The van der Waals surface area contributed by atoms with E-state index in [1.165, 1.54) is 16.0 Å². The van der Waals surface area contributed by atoms with Gasteiger partial charge in [-0.2, -0.15) is 17.5 Å². The third-order valence-corrected chi connectivity index (χ3v) is 3.52. The zero-order chi connectivity index (χ0) is 11.9. The van der Waals surface area contributed by atoms with Crippen LogP contribution in [-0.2, 0) is 26.2 Å². The number of fused-ring (bicyclic) bond motifs is 1. The molecule has 20 heavy (non-hydrogen) atoms. The Bertz CT molecular complexity index is 536. The SMILES string of the molecule is C[Si]c1ccccc1.[Cl-].[Cl-].[Zr+3].c1ccc2[cH-]ccc2c1. The van der Waals surface area contributed by atoms with Crippen LogP contribution in [0.4, 0.5) is 0 Å². The van der Waals surface area contributed by atoms with Crippen molar-refractivity contribution in [3.63, 3.8) is 0 Å². The largest absolute Gasteiger partial charge is 3.00 e. The summed E-state index contributed by atoms with van der Waals surface area (Å²) < 4.78 is 0. The molecule has 101 valence electrons. The summed E-state index contributed by atoms with van der Waals surface area (Å²) in [5, 5.41) is 4.10. The Balaban J connectivity index is 0. The number of hydrogen-bond donors (Lipinski definition) is 0. The molecule has 4 heteroatoms. The fourth-order valence-electron chi connectivity index (χ4n) is 1.67. The van der Waals surface area contributed by atoms with Gasteiger partial charge in [-0.15, -0.1) is 29.7 Å². The first-order valence-electron chi connectivity index (χ1n) is 5.73.